The van der Waals surface area contributed by atoms with Crippen molar-refractivity contribution in [2.75, 3.05) is 6.61 Å². The predicted molar refractivity (Wildman–Crippen MR) is 82.3 cm³/mol. The van der Waals surface area contributed by atoms with Gasteiger partial charge in [0, 0.05) is 6.61 Å². The van der Waals surface area contributed by atoms with E-state index in [0.717, 1.165) is 18.4 Å². The molecule has 1 heteroatoms. The fraction of sp³-hybridized carbons (Fsp3) is 1.00. The SMILES string of the molecule is CC(C)(C)C[C@H]1CCC[C@H](OCC2CCCCC2)C1. The van der Waals surface area contributed by atoms with Crippen molar-refractivity contribution in [3.8, 4) is 0 Å². The summed E-state index contributed by atoms with van der Waals surface area (Å²) in [6.45, 7) is 8.17. The summed E-state index contributed by atoms with van der Waals surface area (Å²) in [4.78, 5) is 0. The zero-order valence-corrected chi connectivity index (χ0v) is 13.4. The summed E-state index contributed by atoms with van der Waals surface area (Å²) in [6, 6.07) is 0. The van der Waals surface area contributed by atoms with E-state index < -0.39 is 0 Å². The van der Waals surface area contributed by atoms with Gasteiger partial charge in [0.2, 0.25) is 0 Å². The van der Waals surface area contributed by atoms with Crippen molar-refractivity contribution in [1.29, 1.82) is 0 Å². The van der Waals surface area contributed by atoms with Crippen molar-refractivity contribution >= 4 is 0 Å². The van der Waals surface area contributed by atoms with Gasteiger partial charge in [-0.25, -0.2) is 0 Å². The minimum atomic E-state index is 0.482. The van der Waals surface area contributed by atoms with Crippen LogP contribution < -0.4 is 0 Å². The highest BCUT2D eigenvalue weighted by Gasteiger charge is 2.27. The van der Waals surface area contributed by atoms with Gasteiger partial charge >= 0.3 is 0 Å². The van der Waals surface area contributed by atoms with E-state index in [2.05, 4.69) is 20.8 Å². The van der Waals surface area contributed by atoms with Crippen LogP contribution in [0, 0.1) is 17.3 Å². The first-order valence-corrected chi connectivity index (χ1v) is 8.64. The first kappa shape index (κ1) is 15.4. The van der Waals surface area contributed by atoms with E-state index in [1.165, 1.54) is 64.2 Å². The van der Waals surface area contributed by atoms with E-state index in [1.807, 2.05) is 0 Å². The predicted octanol–water partition coefficient (Wildman–Crippen LogP) is 5.58. The molecule has 0 aliphatic heterocycles. The molecule has 2 rings (SSSR count). The van der Waals surface area contributed by atoms with Gasteiger partial charge in [0.15, 0.2) is 0 Å². The molecule has 1 nitrogen and oxygen atoms in total. The van der Waals surface area contributed by atoms with Crippen molar-refractivity contribution in [2.45, 2.75) is 91.1 Å². The number of hydrogen-bond donors (Lipinski definition) is 0. The number of rotatable bonds is 4. The Kier molecular flexibility index (Phi) is 5.74. The van der Waals surface area contributed by atoms with Crippen molar-refractivity contribution in [2.24, 2.45) is 17.3 Å². The van der Waals surface area contributed by atoms with Crippen molar-refractivity contribution in [3.63, 3.8) is 0 Å². The van der Waals surface area contributed by atoms with Crippen LogP contribution in [0.1, 0.15) is 85.0 Å². The molecule has 112 valence electrons. The lowest BCUT2D eigenvalue weighted by Gasteiger charge is -2.34. The topological polar surface area (TPSA) is 9.23 Å². The first-order chi connectivity index (χ1) is 9.03. The fourth-order valence-corrected chi connectivity index (χ4v) is 4.07. The van der Waals surface area contributed by atoms with Gasteiger partial charge in [-0.3, -0.25) is 0 Å². The summed E-state index contributed by atoms with van der Waals surface area (Å²) in [7, 11) is 0. The molecule has 2 saturated carbocycles. The van der Waals surface area contributed by atoms with Crippen LogP contribution in [0.15, 0.2) is 0 Å². The third kappa shape index (κ3) is 5.85. The second-order valence-corrected chi connectivity index (χ2v) is 8.26. The summed E-state index contributed by atoms with van der Waals surface area (Å²) >= 11 is 0. The molecule has 2 fully saturated rings. The normalized spacial score (nSPS) is 30.5. The Hall–Kier alpha value is -0.0400. The van der Waals surface area contributed by atoms with Crippen molar-refractivity contribution in [3.05, 3.63) is 0 Å². The maximum atomic E-state index is 6.27. The summed E-state index contributed by atoms with van der Waals surface area (Å²) in [6.07, 6.45) is 14.5. The van der Waals surface area contributed by atoms with Crippen LogP contribution in [0.5, 0.6) is 0 Å². The van der Waals surface area contributed by atoms with Gasteiger partial charge in [-0.1, -0.05) is 52.9 Å². The molecule has 0 N–H and O–H groups in total. The molecule has 0 radical (unpaired) electrons. The summed E-state index contributed by atoms with van der Waals surface area (Å²) in [5.74, 6) is 1.78. The summed E-state index contributed by atoms with van der Waals surface area (Å²) < 4.78 is 6.27. The lowest BCUT2D eigenvalue weighted by atomic mass is 9.77. The third-order valence-electron chi connectivity index (χ3n) is 4.93. The van der Waals surface area contributed by atoms with Crippen LogP contribution in [0.2, 0.25) is 0 Å². The fourth-order valence-electron chi connectivity index (χ4n) is 4.07. The Morgan fingerprint density at radius 3 is 2.21 bits per heavy atom. The molecule has 0 saturated heterocycles. The van der Waals surface area contributed by atoms with Crippen molar-refractivity contribution < 1.29 is 4.74 Å². The molecule has 0 aromatic heterocycles. The molecule has 19 heavy (non-hydrogen) atoms. The lowest BCUT2D eigenvalue weighted by Crippen LogP contribution is -2.27. The number of hydrogen-bond acceptors (Lipinski definition) is 1. The molecule has 2 atom stereocenters. The Morgan fingerprint density at radius 1 is 0.842 bits per heavy atom. The lowest BCUT2D eigenvalue weighted by molar-refractivity contribution is -0.0154. The number of ether oxygens (including phenoxy) is 1. The van der Waals surface area contributed by atoms with Crippen LogP contribution in [0.3, 0.4) is 0 Å². The molecule has 0 aromatic carbocycles. The van der Waals surface area contributed by atoms with Gasteiger partial charge in [0.1, 0.15) is 0 Å². The third-order valence-corrected chi connectivity index (χ3v) is 4.93. The highest BCUT2D eigenvalue weighted by Crippen LogP contribution is 2.35. The van der Waals surface area contributed by atoms with E-state index in [9.17, 15) is 0 Å². The average molecular weight is 266 g/mol. The molecule has 0 aromatic rings. The molecule has 0 bridgehead atoms. The van der Waals surface area contributed by atoms with Crippen LogP contribution in [0.4, 0.5) is 0 Å². The van der Waals surface area contributed by atoms with Crippen LogP contribution in [-0.4, -0.2) is 12.7 Å². The zero-order valence-electron chi connectivity index (χ0n) is 13.4. The second-order valence-electron chi connectivity index (χ2n) is 8.26. The Bertz CT molecular complexity index is 247. The van der Waals surface area contributed by atoms with Crippen molar-refractivity contribution in [1.82, 2.24) is 0 Å². The Labute approximate surface area is 120 Å². The molecular weight excluding hydrogens is 232 g/mol. The van der Waals surface area contributed by atoms with Gasteiger partial charge in [-0.2, -0.15) is 0 Å². The van der Waals surface area contributed by atoms with E-state index in [-0.39, 0.29) is 0 Å². The average Bonchev–Trinajstić information content (AvgIpc) is 2.36. The Morgan fingerprint density at radius 2 is 1.53 bits per heavy atom. The minimum Gasteiger partial charge on any atom is -0.378 e. The quantitative estimate of drug-likeness (QED) is 0.645. The van der Waals surface area contributed by atoms with Gasteiger partial charge < -0.3 is 4.74 Å². The summed E-state index contributed by atoms with van der Waals surface area (Å²) in [5, 5.41) is 0. The molecule has 0 unspecified atom stereocenters. The zero-order chi connectivity index (χ0) is 13.7. The molecule has 0 amide bonds. The maximum Gasteiger partial charge on any atom is 0.0577 e. The molecule has 2 aliphatic carbocycles. The van der Waals surface area contributed by atoms with Crippen LogP contribution >= 0.6 is 0 Å². The van der Waals surface area contributed by atoms with E-state index in [0.29, 0.717) is 11.5 Å². The van der Waals surface area contributed by atoms with Crippen LogP contribution in [-0.2, 0) is 4.74 Å². The van der Waals surface area contributed by atoms with Crippen LogP contribution in [0.25, 0.3) is 0 Å². The smallest absolute Gasteiger partial charge is 0.0577 e. The molecule has 2 aliphatic rings. The summed E-state index contributed by atoms with van der Waals surface area (Å²) in [5.41, 5.74) is 0.482. The van der Waals surface area contributed by atoms with Gasteiger partial charge in [0.05, 0.1) is 6.10 Å². The van der Waals surface area contributed by atoms with Gasteiger partial charge in [-0.15, -0.1) is 0 Å². The minimum absolute atomic E-state index is 0.482. The highest BCUT2D eigenvalue weighted by atomic mass is 16.5. The van der Waals surface area contributed by atoms with E-state index >= 15 is 0 Å². The van der Waals surface area contributed by atoms with E-state index in [1.54, 1.807) is 0 Å². The molecular formula is C18H34O. The van der Waals surface area contributed by atoms with Gasteiger partial charge in [-0.05, 0) is 49.4 Å². The second kappa shape index (κ2) is 7.11. The molecule has 0 heterocycles. The Balaban J connectivity index is 1.68. The standard InChI is InChI=1S/C18H34O/c1-18(2,3)13-16-10-7-11-17(12-16)19-14-15-8-5-4-6-9-15/h15-17H,4-14H2,1-3H3/t16-,17-/m0/s1. The van der Waals surface area contributed by atoms with E-state index in [4.69, 9.17) is 4.74 Å². The first-order valence-electron chi connectivity index (χ1n) is 8.64. The molecule has 0 spiro atoms. The highest BCUT2D eigenvalue weighted by molar-refractivity contribution is 4.78. The van der Waals surface area contributed by atoms with Gasteiger partial charge in [0.25, 0.3) is 0 Å². The maximum absolute atomic E-state index is 6.27. The largest absolute Gasteiger partial charge is 0.378 e. The monoisotopic (exact) mass is 266 g/mol.